The molecule has 4 heteroatoms. The van der Waals surface area contributed by atoms with Crippen molar-refractivity contribution in [3.8, 4) is 0 Å². The van der Waals surface area contributed by atoms with Gasteiger partial charge in [0.05, 0.1) is 6.10 Å². The van der Waals surface area contributed by atoms with Crippen LogP contribution in [0.3, 0.4) is 0 Å². The average Bonchev–Trinajstić information content (AvgIpc) is 2.33. The van der Waals surface area contributed by atoms with E-state index in [2.05, 4.69) is 0 Å². The Hall–Kier alpha value is -0.160. The lowest BCUT2D eigenvalue weighted by atomic mass is 10.2. The first-order valence-corrected chi connectivity index (χ1v) is 4.19. The van der Waals surface area contributed by atoms with Gasteiger partial charge in [0.1, 0.15) is 12.2 Å². The van der Waals surface area contributed by atoms with Crippen LogP contribution in [0.2, 0.25) is 0 Å². The van der Waals surface area contributed by atoms with E-state index < -0.39 is 18.2 Å². The van der Waals surface area contributed by atoms with Crippen molar-refractivity contribution in [2.45, 2.75) is 51.2 Å². The molecular weight excluding hydrogens is 160 g/mol. The van der Waals surface area contributed by atoms with E-state index in [9.17, 15) is 5.11 Å². The van der Waals surface area contributed by atoms with Crippen molar-refractivity contribution in [3.63, 3.8) is 0 Å². The summed E-state index contributed by atoms with van der Waals surface area (Å²) in [6, 6.07) is 0. The quantitative estimate of drug-likeness (QED) is 0.571. The number of hydrogen-bond acceptors (Lipinski definition) is 4. The van der Waals surface area contributed by atoms with Crippen molar-refractivity contribution in [1.82, 2.24) is 0 Å². The van der Waals surface area contributed by atoms with Crippen molar-refractivity contribution >= 4 is 0 Å². The van der Waals surface area contributed by atoms with Crippen LogP contribution in [0.15, 0.2) is 0 Å². The molecule has 2 saturated heterocycles. The van der Waals surface area contributed by atoms with Gasteiger partial charge in [-0.05, 0) is 20.8 Å². The predicted octanol–water partition coefficient (Wildman–Crippen LogP) is 0.244. The minimum absolute atomic E-state index is 0.198. The Morgan fingerprint density at radius 3 is 2.50 bits per heavy atom. The maximum atomic E-state index is 9.57. The summed E-state index contributed by atoms with van der Waals surface area (Å²) in [7, 11) is 0. The van der Waals surface area contributed by atoms with E-state index in [0.717, 1.165) is 0 Å². The highest BCUT2D eigenvalue weighted by molar-refractivity contribution is 4.90. The van der Waals surface area contributed by atoms with Gasteiger partial charge < -0.3 is 19.3 Å². The number of fused-ring (bicyclic) bond motifs is 1. The van der Waals surface area contributed by atoms with Crippen molar-refractivity contribution in [1.29, 1.82) is 0 Å². The van der Waals surface area contributed by atoms with Crippen molar-refractivity contribution in [2.75, 3.05) is 0 Å². The summed E-state index contributed by atoms with van der Waals surface area (Å²) < 4.78 is 16.2. The van der Waals surface area contributed by atoms with E-state index in [4.69, 9.17) is 14.2 Å². The second-order valence-corrected chi connectivity index (χ2v) is 3.80. The van der Waals surface area contributed by atoms with Gasteiger partial charge in [-0.3, -0.25) is 0 Å². The van der Waals surface area contributed by atoms with Crippen molar-refractivity contribution < 1.29 is 19.3 Å². The number of hydrogen-bond donors (Lipinski definition) is 1. The fourth-order valence-electron chi connectivity index (χ4n) is 1.65. The van der Waals surface area contributed by atoms with E-state index in [-0.39, 0.29) is 12.2 Å². The maximum Gasteiger partial charge on any atom is 0.190 e. The molecule has 4 nitrogen and oxygen atoms in total. The van der Waals surface area contributed by atoms with Gasteiger partial charge in [-0.25, -0.2) is 0 Å². The van der Waals surface area contributed by atoms with Crippen LogP contribution >= 0.6 is 0 Å². The first-order valence-electron chi connectivity index (χ1n) is 4.19. The molecule has 1 N–H and O–H groups in total. The van der Waals surface area contributed by atoms with Gasteiger partial charge in [0.25, 0.3) is 0 Å². The lowest BCUT2D eigenvalue weighted by molar-refractivity contribution is -0.212. The second kappa shape index (κ2) is 2.42. The van der Waals surface area contributed by atoms with Crippen LogP contribution in [0.1, 0.15) is 20.8 Å². The summed E-state index contributed by atoms with van der Waals surface area (Å²) in [4.78, 5) is 0. The number of aliphatic hydroxyl groups excluding tert-OH is 1. The first-order chi connectivity index (χ1) is 5.49. The molecule has 0 amide bonds. The molecule has 12 heavy (non-hydrogen) atoms. The monoisotopic (exact) mass is 174 g/mol. The molecule has 2 aliphatic heterocycles. The van der Waals surface area contributed by atoms with E-state index in [0.29, 0.717) is 0 Å². The van der Waals surface area contributed by atoms with Crippen LogP contribution in [0.5, 0.6) is 0 Å². The fraction of sp³-hybridized carbons (Fsp3) is 1.00. The SMILES string of the molecule is C[C@H]1O[C@H]2OC(C)(C)O[C@@H]2[C@@H]1O. The molecule has 0 unspecified atom stereocenters. The molecule has 0 spiro atoms. The average molecular weight is 174 g/mol. The van der Waals surface area contributed by atoms with E-state index in [1.165, 1.54) is 0 Å². The molecule has 0 bridgehead atoms. The molecule has 70 valence electrons. The molecule has 2 rings (SSSR count). The number of ether oxygens (including phenoxy) is 3. The summed E-state index contributed by atoms with van der Waals surface area (Å²) in [5.41, 5.74) is 0. The van der Waals surface area contributed by atoms with E-state index in [1.54, 1.807) is 0 Å². The third-order valence-electron chi connectivity index (χ3n) is 2.25. The van der Waals surface area contributed by atoms with Crippen LogP contribution < -0.4 is 0 Å². The van der Waals surface area contributed by atoms with Crippen LogP contribution in [0, 0.1) is 0 Å². The van der Waals surface area contributed by atoms with Gasteiger partial charge in [-0.15, -0.1) is 0 Å². The molecule has 2 aliphatic rings. The molecule has 0 aromatic carbocycles. The predicted molar refractivity (Wildman–Crippen MR) is 40.4 cm³/mol. The summed E-state index contributed by atoms with van der Waals surface area (Å²) in [5.74, 6) is -0.629. The van der Waals surface area contributed by atoms with Crippen molar-refractivity contribution in [2.24, 2.45) is 0 Å². The van der Waals surface area contributed by atoms with Crippen LogP contribution in [0.25, 0.3) is 0 Å². The number of rotatable bonds is 0. The third-order valence-corrected chi connectivity index (χ3v) is 2.25. The Bertz CT molecular complexity index is 191. The molecule has 0 radical (unpaired) electrons. The van der Waals surface area contributed by atoms with E-state index >= 15 is 0 Å². The number of aliphatic hydroxyl groups is 1. The fourth-order valence-corrected chi connectivity index (χ4v) is 1.65. The Morgan fingerprint density at radius 2 is 1.92 bits per heavy atom. The zero-order valence-corrected chi connectivity index (χ0v) is 7.48. The van der Waals surface area contributed by atoms with Gasteiger partial charge >= 0.3 is 0 Å². The van der Waals surface area contributed by atoms with Gasteiger partial charge in [0, 0.05) is 0 Å². The Morgan fingerprint density at radius 1 is 1.25 bits per heavy atom. The van der Waals surface area contributed by atoms with E-state index in [1.807, 2.05) is 20.8 Å². The molecule has 0 aromatic heterocycles. The molecule has 0 aromatic rings. The summed E-state index contributed by atoms with van der Waals surface area (Å²) in [5, 5.41) is 9.57. The smallest absolute Gasteiger partial charge is 0.190 e. The molecular formula is C8H14O4. The summed E-state index contributed by atoms with van der Waals surface area (Å²) >= 11 is 0. The zero-order chi connectivity index (χ0) is 8.93. The first kappa shape index (κ1) is 8.44. The molecule has 4 atom stereocenters. The Balaban J connectivity index is 2.11. The van der Waals surface area contributed by atoms with Crippen LogP contribution in [0.4, 0.5) is 0 Å². The highest BCUT2D eigenvalue weighted by atomic mass is 16.8. The van der Waals surface area contributed by atoms with Crippen LogP contribution in [-0.4, -0.2) is 35.5 Å². The molecule has 2 heterocycles. The highest BCUT2D eigenvalue weighted by Crippen LogP contribution is 2.36. The zero-order valence-electron chi connectivity index (χ0n) is 7.48. The van der Waals surface area contributed by atoms with Gasteiger partial charge in [-0.2, -0.15) is 0 Å². The summed E-state index contributed by atoms with van der Waals surface area (Å²) in [6.45, 7) is 5.43. The van der Waals surface area contributed by atoms with Gasteiger partial charge in [0.15, 0.2) is 12.1 Å². The normalized spacial score (nSPS) is 51.0. The molecule has 0 saturated carbocycles. The molecule has 0 aliphatic carbocycles. The van der Waals surface area contributed by atoms with Gasteiger partial charge in [-0.1, -0.05) is 0 Å². The highest BCUT2D eigenvalue weighted by Gasteiger charge is 2.52. The lowest BCUT2D eigenvalue weighted by Gasteiger charge is -2.20. The second-order valence-electron chi connectivity index (χ2n) is 3.80. The molecule has 2 fully saturated rings. The minimum atomic E-state index is -0.629. The van der Waals surface area contributed by atoms with Crippen LogP contribution in [-0.2, 0) is 14.2 Å². The maximum absolute atomic E-state index is 9.57. The minimum Gasteiger partial charge on any atom is -0.387 e. The Labute approximate surface area is 71.4 Å². The third kappa shape index (κ3) is 1.15. The van der Waals surface area contributed by atoms with Crippen molar-refractivity contribution in [3.05, 3.63) is 0 Å². The topological polar surface area (TPSA) is 47.9 Å². The lowest BCUT2D eigenvalue weighted by Crippen LogP contribution is -2.33. The Kier molecular flexibility index (Phi) is 1.70. The largest absolute Gasteiger partial charge is 0.387 e. The van der Waals surface area contributed by atoms with Gasteiger partial charge in [0.2, 0.25) is 0 Å². The summed E-state index contributed by atoms with van der Waals surface area (Å²) in [6.07, 6.45) is -1.49. The standard InChI is InChI=1S/C8H14O4/c1-4-5(9)6-7(10-4)12-8(2,3)11-6/h4-7,9H,1-3H3/t4-,5-,6-,7+/m1/s1.